The maximum absolute atomic E-state index is 11.5. The van der Waals surface area contributed by atoms with Gasteiger partial charge in [-0.05, 0) is 25.2 Å². The van der Waals surface area contributed by atoms with Crippen LogP contribution in [0.2, 0.25) is 0 Å². The van der Waals surface area contributed by atoms with Crippen molar-refractivity contribution in [3.63, 3.8) is 0 Å². The Labute approximate surface area is 115 Å². The van der Waals surface area contributed by atoms with Crippen molar-refractivity contribution in [2.45, 2.75) is 57.2 Å². The van der Waals surface area contributed by atoms with Gasteiger partial charge in [0.25, 0.3) is 0 Å². The highest BCUT2D eigenvalue weighted by atomic mass is 32.2. The maximum Gasteiger partial charge on any atom is 0.135 e. The van der Waals surface area contributed by atoms with Crippen LogP contribution in [0.3, 0.4) is 0 Å². The minimum atomic E-state index is 0.206. The van der Waals surface area contributed by atoms with E-state index in [1.807, 2.05) is 13.8 Å². The number of unbranched alkanes of at least 4 members (excludes halogenated alkanes) is 1. The molecule has 2 heterocycles. The first-order valence-corrected chi connectivity index (χ1v) is 8.21. The molecule has 2 saturated heterocycles. The molecule has 2 aliphatic rings. The number of nitrogens with one attached hydrogen (secondary N) is 1. The third-order valence-electron chi connectivity index (χ3n) is 4.16. The quantitative estimate of drug-likeness (QED) is 0.748. The first-order valence-electron chi connectivity index (χ1n) is 7.16. The van der Waals surface area contributed by atoms with Crippen LogP contribution in [-0.4, -0.2) is 22.8 Å². The minimum absolute atomic E-state index is 0.206. The van der Waals surface area contributed by atoms with Crippen molar-refractivity contribution in [1.29, 1.82) is 0 Å². The summed E-state index contributed by atoms with van der Waals surface area (Å²) >= 11 is 2.11. The molecular formula is C15H25NOS. The SMILES string of the molecule is C=C1CC2C(CSC2CCCCC(=O)C(C)C)N1. The van der Waals surface area contributed by atoms with Crippen LogP contribution in [-0.2, 0) is 4.79 Å². The number of fused-ring (bicyclic) bond motifs is 1. The molecule has 3 atom stereocenters. The number of thioether (sulfide) groups is 1. The highest BCUT2D eigenvalue weighted by molar-refractivity contribution is 8.00. The number of Topliss-reactive ketones (excluding diaryl/α,β-unsaturated/α-hetero) is 1. The molecule has 2 fully saturated rings. The summed E-state index contributed by atoms with van der Waals surface area (Å²) in [6.45, 7) is 8.04. The van der Waals surface area contributed by atoms with Gasteiger partial charge in [-0.3, -0.25) is 4.79 Å². The van der Waals surface area contributed by atoms with Crippen LogP contribution in [0.4, 0.5) is 0 Å². The molecular weight excluding hydrogens is 242 g/mol. The van der Waals surface area contributed by atoms with Crippen LogP contribution in [0.15, 0.2) is 12.3 Å². The third-order valence-corrected chi connectivity index (χ3v) is 5.73. The fourth-order valence-electron chi connectivity index (χ4n) is 2.99. The van der Waals surface area contributed by atoms with Gasteiger partial charge in [-0.1, -0.05) is 26.8 Å². The van der Waals surface area contributed by atoms with Gasteiger partial charge in [0.15, 0.2) is 0 Å². The van der Waals surface area contributed by atoms with E-state index in [1.165, 1.54) is 24.3 Å². The van der Waals surface area contributed by atoms with E-state index in [2.05, 4.69) is 23.7 Å². The molecule has 0 aromatic heterocycles. The van der Waals surface area contributed by atoms with Crippen LogP contribution >= 0.6 is 11.8 Å². The van der Waals surface area contributed by atoms with Gasteiger partial charge in [-0.15, -0.1) is 0 Å². The number of hydrogen-bond acceptors (Lipinski definition) is 3. The average Bonchev–Trinajstić information content (AvgIpc) is 2.84. The lowest BCUT2D eigenvalue weighted by Gasteiger charge is -2.16. The monoisotopic (exact) mass is 267 g/mol. The summed E-state index contributed by atoms with van der Waals surface area (Å²) < 4.78 is 0. The Hall–Kier alpha value is -0.440. The lowest BCUT2D eigenvalue weighted by Crippen LogP contribution is -2.26. The van der Waals surface area contributed by atoms with Crippen molar-refractivity contribution in [2.75, 3.05) is 5.75 Å². The third kappa shape index (κ3) is 3.31. The molecule has 0 aromatic rings. The van der Waals surface area contributed by atoms with E-state index in [0.29, 0.717) is 11.8 Å². The molecule has 0 amide bonds. The summed E-state index contributed by atoms with van der Waals surface area (Å²) in [7, 11) is 0. The molecule has 0 bridgehead atoms. The average molecular weight is 267 g/mol. The number of rotatable bonds is 6. The Morgan fingerprint density at radius 2 is 2.28 bits per heavy atom. The molecule has 18 heavy (non-hydrogen) atoms. The van der Waals surface area contributed by atoms with Gasteiger partial charge >= 0.3 is 0 Å². The number of carbonyl (C=O) groups excluding carboxylic acids is 1. The Balaban J connectivity index is 1.66. The summed E-state index contributed by atoms with van der Waals surface area (Å²) in [6.07, 6.45) is 5.47. The largest absolute Gasteiger partial charge is 0.385 e. The van der Waals surface area contributed by atoms with Gasteiger partial charge < -0.3 is 5.32 Å². The second kappa shape index (κ2) is 6.14. The molecule has 2 aliphatic heterocycles. The molecule has 2 rings (SSSR count). The van der Waals surface area contributed by atoms with Gasteiger partial charge in [-0.25, -0.2) is 0 Å². The molecule has 0 aliphatic carbocycles. The molecule has 0 saturated carbocycles. The fraction of sp³-hybridized carbons (Fsp3) is 0.800. The van der Waals surface area contributed by atoms with Crippen molar-refractivity contribution >= 4 is 17.5 Å². The Morgan fingerprint density at radius 1 is 1.50 bits per heavy atom. The Morgan fingerprint density at radius 3 is 3.00 bits per heavy atom. The molecule has 0 radical (unpaired) electrons. The summed E-state index contributed by atoms with van der Waals surface area (Å²) in [4.78, 5) is 11.5. The van der Waals surface area contributed by atoms with E-state index >= 15 is 0 Å². The minimum Gasteiger partial charge on any atom is -0.385 e. The molecule has 102 valence electrons. The highest BCUT2D eigenvalue weighted by Crippen LogP contribution is 2.42. The van der Waals surface area contributed by atoms with E-state index in [0.717, 1.165) is 30.4 Å². The molecule has 3 unspecified atom stereocenters. The van der Waals surface area contributed by atoms with Crippen LogP contribution in [0.1, 0.15) is 46.0 Å². The fourth-order valence-corrected chi connectivity index (χ4v) is 4.64. The topological polar surface area (TPSA) is 29.1 Å². The molecule has 0 spiro atoms. The highest BCUT2D eigenvalue weighted by Gasteiger charge is 2.40. The van der Waals surface area contributed by atoms with Crippen molar-refractivity contribution in [3.05, 3.63) is 12.3 Å². The summed E-state index contributed by atoms with van der Waals surface area (Å²) in [5.74, 6) is 2.66. The number of hydrogen-bond donors (Lipinski definition) is 1. The number of ketones is 1. The first-order chi connectivity index (χ1) is 8.58. The zero-order chi connectivity index (χ0) is 13.1. The van der Waals surface area contributed by atoms with Crippen LogP contribution in [0, 0.1) is 11.8 Å². The standard InChI is InChI=1S/C15H25NOS/c1-10(2)14(17)6-4-5-7-15-12-8-11(3)16-13(12)9-18-15/h10,12-13,15-16H,3-9H2,1-2H3. The summed E-state index contributed by atoms with van der Waals surface area (Å²) in [6, 6.07) is 0.671. The second-order valence-corrected chi connectivity index (χ2v) is 7.23. The second-order valence-electron chi connectivity index (χ2n) is 5.96. The smallest absolute Gasteiger partial charge is 0.135 e. The van der Waals surface area contributed by atoms with Crippen LogP contribution in [0.5, 0.6) is 0 Å². The van der Waals surface area contributed by atoms with Gasteiger partial charge in [0.05, 0.1) is 0 Å². The lowest BCUT2D eigenvalue weighted by molar-refractivity contribution is -0.122. The van der Waals surface area contributed by atoms with E-state index in [4.69, 9.17) is 0 Å². The van der Waals surface area contributed by atoms with Crippen molar-refractivity contribution in [2.24, 2.45) is 11.8 Å². The zero-order valence-corrected chi connectivity index (χ0v) is 12.4. The van der Waals surface area contributed by atoms with E-state index in [1.54, 1.807) is 0 Å². The van der Waals surface area contributed by atoms with Crippen molar-refractivity contribution < 1.29 is 4.79 Å². The molecule has 3 heteroatoms. The summed E-state index contributed by atoms with van der Waals surface area (Å²) in [5, 5.41) is 4.29. The van der Waals surface area contributed by atoms with Gasteiger partial charge in [0.2, 0.25) is 0 Å². The zero-order valence-electron chi connectivity index (χ0n) is 11.6. The van der Waals surface area contributed by atoms with E-state index in [-0.39, 0.29) is 5.92 Å². The number of allylic oxidation sites excluding steroid dienone is 1. The number of carbonyl (C=O) groups is 1. The normalized spacial score (nSPS) is 30.6. The predicted octanol–water partition coefficient (Wildman–Crippen LogP) is 3.38. The molecule has 0 aromatic carbocycles. The van der Waals surface area contributed by atoms with Crippen molar-refractivity contribution in [1.82, 2.24) is 5.32 Å². The van der Waals surface area contributed by atoms with Crippen LogP contribution < -0.4 is 5.32 Å². The van der Waals surface area contributed by atoms with Gasteiger partial charge in [-0.2, -0.15) is 11.8 Å². The first kappa shape index (κ1) is 14.0. The molecule has 2 nitrogen and oxygen atoms in total. The maximum atomic E-state index is 11.5. The Kier molecular flexibility index (Phi) is 4.77. The van der Waals surface area contributed by atoms with E-state index in [9.17, 15) is 4.79 Å². The molecule has 1 N–H and O–H groups in total. The summed E-state index contributed by atoms with van der Waals surface area (Å²) in [5.41, 5.74) is 1.23. The van der Waals surface area contributed by atoms with Crippen LogP contribution in [0.25, 0.3) is 0 Å². The van der Waals surface area contributed by atoms with Crippen molar-refractivity contribution in [3.8, 4) is 0 Å². The van der Waals surface area contributed by atoms with Gasteiger partial charge in [0.1, 0.15) is 5.78 Å². The van der Waals surface area contributed by atoms with Gasteiger partial charge in [0, 0.05) is 35.1 Å². The van der Waals surface area contributed by atoms with E-state index < -0.39 is 0 Å². The lowest BCUT2D eigenvalue weighted by atomic mass is 9.93. The predicted molar refractivity (Wildman–Crippen MR) is 78.7 cm³/mol. The Bertz CT molecular complexity index is 326.